The van der Waals surface area contributed by atoms with Crippen molar-refractivity contribution in [1.29, 1.82) is 0 Å². The fourth-order valence-electron chi connectivity index (χ4n) is 2.77. The standard InChI is InChI=1S/C23H21N3O5/c1-16-8-10-17(11-9-16)15-31-22-20(26(28)29)12-18(13-21(22)30-2)14-24-25-23(27)19-6-4-3-5-7-19/h3-14H,15H2,1-2H3,(H,25,27)/b24-14+. The maximum absolute atomic E-state index is 12.1. The summed E-state index contributed by atoms with van der Waals surface area (Å²) >= 11 is 0. The average Bonchev–Trinajstić information content (AvgIpc) is 2.79. The number of hydrogen-bond donors (Lipinski definition) is 1. The number of nitrogens with zero attached hydrogens (tertiary/aromatic N) is 2. The Morgan fingerprint density at radius 2 is 1.84 bits per heavy atom. The highest BCUT2D eigenvalue weighted by Crippen LogP contribution is 2.38. The van der Waals surface area contributed by atoms with E-state index in [-0.39, 0.29) is 23.8 Å². The van der Waals surface area contributed by atoms with Gasteiger partial charge in [0.15, 0.2) is 5.75 Å². The average molecular weight is 419 g/mol. The number of ether oxygens (including phenoxy) is 2. The van der Waals surface area contributed by atoms with Crippen LogP contribution in [0.25, 0.3) is 0 Å². The summed E-state index contributed by atoms with van der Waals surface area (Å²) in [7, 11) is 1.40. The summed E-state index contributed by atoms with van der Waals surface area (Å²) in [6.45, 7) is 2.12. The van der Waals surface area contributed by atoms with E-state index >= 15 is 0 Å². The van der Waals surface area contributed by atoms with E-state index in [1.807, 2.05) is 31.2 Å². The van der Waals surface area contributed by atoms with Gasteiger partial charge in [0, 0.05) is 17.2 Å². The zero-order chi connectivity index (χ0) is 22.2. The van der Waals surface area contributed by atoms with Crippen molar-refractivity contribution in [3.63, 3.8) is 0 Å². The molecule has 0 aliphatic rings. The van der Waals surface area contributed by atoms with Crippen molar-refractivity contribution < 1.29 is 19.2 Å². The number of nitro groups is 1. The second-order valence-corrected chi connectivity index (χ2v) is 6.67. The molecule has 0 spiro atoms. The van der Waals surface area contributed by atoms with Crippen LogP contribution >= 0.6 is 0 Å². The molecule has 1 N–H and O–H groups in total. The number of carbonyl (C=O) groups is 1. The summed E-state index contributed by atoms with van der Waals surface area (Å²) in [6.07, 6.45) is 1.31. The zero-order valence-electron chi connectivity index (χ0n) is 17.1. The third kappa shape index (κ3) is 5.66. The SMILES string of the molecule is COc1cc(/C=N/NC(=O)c2ccccc2)cc([N+](=O)[O-])c1OCc1ccc(C)cc1. The fraction of sp³-hybridized carbons (Fsp3) is 0.130. The molecule has 0 unspecified atom stereocenters. The van der Waals surface area contributed by atoms with E-state index in [9.17, 15) is 14.9 Å². The number of amides is 1. The summed E-state index contributed by atoms with van der Waals surface area (Å²) in [5.74, 6) is -0.174. The molecule has 3 aromatic rings. The molecule has 0 radical (unpaired) electrons. The minimum atomic E-state index is -0.549. The van der Waals surface area contributed by atoms with Gasteiger partial charge in [-0.3, -0.25) is 14.9 Å². The largest absolute Gasteiger partial charge is 0.493 e. The van der Waals surface area contributed by atoms with Crippen LogP contribution in [0.5, 0.6) is 11.5 Å². The quantitative estimate of drug-likeness (QED) is 0.334. The molecular weight excluding hydrogens is 398 g/mol. The molecule has 0 aromatic heterocycles. The van der Waals surface area contributed by atoms with Crippen LogP contribution in [0.3, 0.4) is 0 Å². The molecule has 0 saturated heterocycles. The predicted molar refractivity (Wildman–Crippen MR) is 117 cm³/mol. The van der Waals surface area contributed by atoms with Crippen molar-refractivity contribution in [2.24, 2.45) is 5.10 Å². The summed E-state index contributed by atoms with van der Waals surface area (Å²) in [5, 5.41) is 15.5. The molecule has 8 heteroatoms. The summed E-state index contributed by atoms with van der Waals surface area (Å²) in [6, 6.07) is 19.1. The number of rotatable bonds is 8. The molecule has 0 aliphatic carbocycles. The smallest absolute Gasteiger partial charge is 0.315 e. The minimum absolute atomic E-state index is 0.0264. The molecule has 0 fully saturated rings. The first kappa shape index (κ1) is 21.5. The molecule has 0 heterocycles. The van der Waals surface area contributed by atoms with E-state index in [4.69, 9.17) is 9.47 Å². The topological polar surface area (TPSA) is 103 Å². The van der Waals surface area contributed by atoms with Gasteiger partial charge >= 0.3 is 5.69 Å². The van der Waals surface area contributed by atoms with Crippen molar-refractivity contribution in [2.45, 2.75) is 13.5 Å². The first-order valence-electron chi connectivity index (χ1n) is 9.41. The third-order valence-electron chi connectivity index (χ3n) is 4.39. The van der Waals surface area contributed by atoms with Gasteiger partial charge in [-0.05, 0) is 30.7 Å². The van der Waals surface area contributed by atoms with Gasteiger partial charge in [-0.15, -0.1) is 0 Å². The third-order valence-corrected chi connectivity index (χ3v) is 4.39. The summed E-state index contributed by atoms with van der Waals surface area (Å²) < 4.78 is 11.0. The van der Waals surface area contributed by atoms with Gasteiger partial charge < -0.3 is 9.47 Å². The lowest BCUT2D eigenvalue weighted by Gasteiger charge is -2.12. The molecule has 31 heavy (non-hydrogen) atoms. The maximum atomic E-state index is 12.1. The Hall–Kier alpha value is -4.20. The number of carbonyl (C=O) groups excluding carboxylic acids is 1. The number of nitro benzene ring substituents is 1. The molecule has 0 saturated carbocycles. The van der Waals surface area contributed by atoms with Crippen LogP contribution in [0, 0.1) is 17.0 Å². The van der Waals surface area contributed by atoms with Gasteiger partial charge in [0.25, 0.3) is 5.91 Å². The molecule has 3 aromatic carbocycles. The van der Waals surface area contributed by atoms with Crippen LogP contribution < -0.4 is 14.9 Å². The Bertz CT molecular complexity index is 1100. The number of benzene rings is 3. The Kier molecular flexibility index (Phi) is 6.95. The number of methoxy groups -OCH3 is 1. The predicted octanol–water partition coefficient (Wildman–Crippen LogP) is 4.25. The Morgan fingerprint density at radius 3 is 2.48 bits per heavy atom. The first-order chi connectivity index (χ1) is 15.0. The van der Waals surface area contributed by atoms with E-state index in [1.165, 1.54) is 19.4 Å². The molecule has 8 nitrogen and oxygen atoms in total. The van der Waals surface area contributed by atoms with Crippen molar-refractivity contribution in [1.82, 2.24) is 5.43 Å². The Balaban J connectivity index is 1.79. The van der Waals surface area contributed by atoms with Crippen LogP contribution in [-0.2, 0) is 6.61 Å². The van der Waals surface area contributed by atoms with Crippen LogP contribution in [-0.4, -0.2) is 24.2 Å². The van der Waals surface area contributed by atoms with Crippen molar-refractivity contribution >= 4 is 17.8 Å². The van der Waals surface area contributed by atoms with E-state index < -0.39 is 10.8 Å². The highest BCUT2D eigenvalue weighted by molar-refractivity contribution is 5.95. The van der Waals surface area contributed by atoms with Crippen LogP contribution in [0.1, 0.15) is 27.0 Å². The normalized spacial score (nSPS) is 10.6. The summed E-state index contributed by atoms with van der Waals surface area (Å²) in [5.41, 5.74) is 4.93. The number of hydrogen-bond acceptors (Lipinski definition) is 6. The highest BCUT2D eigenvalue weighted by atomic mass is 16.6. The second-order valence-electron chi connectivity index (χ2n) is 6.67. The van der Waals surface area contributed by atoms with E-state index in [1.54, 1.807) is 36.4 Å². The molecule has 0 atom stereocenters. The molecule has 3 rings (SSSR count). The lowest BCUT2D eigenvalue weighted by atomic mass is 10.1. The Labute approximate surface area is 179 Å². The molecular formula is C23H21N3O5. The van der Waals surface area contributed by atoms with Gasteiger partial charge in [-0.1, -0.05) is 48.0 Å². The van der Waals surface area contributed by atoms with Crippen molar-refractivity contribution in [3.8, 4) is 11.5 Å². The fourth-order valence-corrected chi connectivity index (χ4v) is 2.77. The molecule has 0 bridgehead atoms. The number of nitrogens with one attached hydrogen (secondary N) is 1. The van der Waals surface area contributed by atoms with Gasteiger partial charge in [-0.25, -0.2) is 5.43 Å². The van der Waals surface area contributed by atoms with Crippen molar-refractivity contribution in [2.75, 3.05) is 7.11 Å². The molecule has 158 valence electrons. The van der Waals surface area contributed by atoms with Crippen LogP contribution in [0.4, 0.5) is 5.69 Å². The monoisotopic (exact) mass is 419 g/mol. The zero-order valence-corrected chi connectivity index (χ0v) is 17.1. The lowest BCUT2D eigenvalue weighted by Crippen LogP contribution is -2.17. The van der Waals surface area contributed by atoms with Gasteiger partial charge in [-0.2, -0.15) is 5.10 Å². The van der Waals surface area contributed by atoms with Crippen LogP contribution in [0.15, 0.2) is 71.8 Å². The van der Waals surface area contributed by atoms with Gasteiger partial charge in [0.2, 0.25) is 5.75 Å². The second kappa shape index (κ2) is 10.0. The first-order valence-corrected chi connectivity index (χ1v) is 9.41. The van der Waals surface area contributed by atoms with Gasteiger partial charge in [0.1, 0.15) is 6.61 Å². The van der Waals surface area contributed by atoms with E-state index in [0.717, 1.165) is 11.1 Å². The Morgan fingerprint density at radius 1 is 1.13 bits per heavy atom. The van der Waals surface area contributed by atoms with E-state index in [0.29, 0.717) is 11.1 Å². The number of aryl methyl sites for hydroxylation is 1. The maximum Gasteiger partial charge on any atom is 0.315 e. The number of hydrazone groups is 1. The highest BCUT2D eigenvalue weighted by Gasteiger charge is 2.22. The van der Waals surface area contributed by atoms with Crippen LogP contribution in [0.2, 0.25) is 0 Å². The van der Waals surface area contributed by atoms with E-state index in [2.05, 4.69) is 10.5 Å². The van der Waals surface area contributed by atoms with Gasteiger partial charge in [0.05, 0.1) is 18.2 Å². The molecule has 0 aliphatic heterocycles. The summed E-state index contributed by atoms with van der Waals surface area (Å²) in [4.78, 5) is 23.1. The minimum Gasteiger partial charge on any atom is -0.493 e. The lowest BCUT2D eigenvalue weighted by molar-refractivity contribution is -0.386. The molecule has 1 amide bonds. The van der Waals surface area contributed by atoms with Crippen molar-refractivity contribution in [3.05, 3.63) is 99.1 Å².